The Morgan fingerprint density at radius 3 is 1.78 bits per heavy atom. The summed E-state index contributed by atoms with van der Waals surface area (Å²) in [5, 5.41) is 7.51. The van der Waals surface area contributed by atoms with E-state index in [1.54, 1.807) is 0 Å². The minimum absolute atomic E-state index is 1.12. The van der Waals surface area contributed by atoms with E-state index in [0.717, 1.165) is 11.4 Å². The van der Waals surface area contributed by atoms with E-state index in [4.69, 9.17) is 0 Å². The lowest BCUT2D eigenvalue weighted by atomic mass is 9.93. The zero-order chi connectivity index (χ0) is 30.5. The number of hydrogen-bond donors (Lipinski definition) is 0. The van der Waals surface area contributed by atoms with E-state index in [9.17, 15) is 0 Å². The first-order chi connectivity index (χ1) is 22.8. The van der Waals surface area contributed by atoms with Crippen LogP contribution in [0.15, 0.2) is 176 Å². The molecule has 216 valence electrons. The normalized spacial score (nSPS) is 11.5. The molecule has 0 bridgehead atoms. The summed E-state index contributed by atoms with van der Waals surface area (Å²) < 4.78 is 2.62. The van der Waals surface area contributed by atoms with Crippen LogP contribution >= 0.6 is 11.3 Å². The van der Waals surface area contributed by atoms with Crippen LogP contribution in [0.1, 0.15) is 0 Å². The maximum atomic E-state index is 2.47. The molecule has 0 saturated carbocycles. The van der Waals surface area contributed by atoms with Gasteiger partial charge in [0.1, 0.15) is 0 Å². The van der Waals surface area contributed by atoms with Gasteiger partial charge < -0.3 is 4.90 Å². The van der Waals surface area contributed by atoms with Crippen LogP contribution in [0, 0.1) is 0 Å². The molecule has 0 unspecified atom stereocenters. The van der Waals surface area contributed by atoms with Gasteiger partial charge in [-0.3, -0.25) is 0 Å². The molecular formula is C44H29NS. The molecule has 46 heavy (non-hydrogen) atoms. The van der Waals surface area contributed by atoms with Crippen molar-refractivity contribution in [2.75, 3.05) is 4.90 Å². The van der Waals surface area contributed by atoms with Crippen molar-refractivity contribution in [2.45, 2.75) is 0 Å². The van der Waals surface area contributed by atoms with Gasteiger partial charge >= 0.3 is 0 Å². The number of anilines is 3. The molecule has 0 N–H and O–H groups in total. The van der Waals surface area contributed by atoms with Gasteiger partial charge in [-0.05, 0) is 69.2 Å². The molecule has 2 heteroatoms. The summed E-state index contributed by atoms with van der Waals surface area (Å²) in [6.45, 7) is 0. The predicted molar refractivity (Wildman–Crippen MR) is 200 cm³/mol. The van der Waals surface area contributed by atoms with Crippen molar-refractivity contribution < 1.29 is 0 Å². The number of thiophene rings is 1. The third-order valence-electron chi connectivity index (χ3n) is 9.06. The van der Waals surface area contributed by atoms with Gasteiger partial charge in [0.05, 0.1) is 5.69 Å². The van der Waals surface area contributed by atoms with E-state index in [1.807, 2.05) is 11.3 Å². The van der Waals surface area contributed by atoms with E-state index in [2.05, 4.69) is 181 Å². The Bertz CT molecular complexity index is 2520. The molecule has 9 aromatic rings. The van der Waals surface area contributed by atoms with Crippen molar-refractivity contribution in [1.29, 1.82) is 0 Å². The van der Waals surface area contributed by atoms with Crippen molar-refractivity contribution in [3.05, 3.63) is 176 Å². The van der Waals surface area contributed by atoms with Crippen molar-refractivity contribution >= 4 is 70.1 Å². The van der Waals surface area contributed by atoms with Crippen LogP contribution in [0.4, 0.5) is 17.1 Å². The first-order valence-corrected chi connectivity index (χ1v) is 16.5. The lowest BCUT2D eigenvalue weighted by Crippen LogP contribution is -2.12. The van der Waals surface area contributed by atoms with Gasteiger partial charge in [-0.25, -0.2) is 0 Å². The molecule has 0 saturated heterocycles. The molecule has 1 heterocycles. The largest absolute Gasteiger partial charge is 0.309 e. The molecule has 0 amide bonds. The highest BCUT2D eigenvalue weighted by molar-refractivity contribution is 7.25. The fraction of sp³-hybridized carbons (Fsp3) is 0. The van der Waals surface area contributed by atoms with E-state index < -0.39 is 0 Å². The summed E-state index contributed by atoms with van der Waals surface area (Å²) in [5.74, 6) is 0. The Kier molecular flexibility index (Phi) is 6.40. The van der Waals surface area contributed by atoms with Crippen molar-refractivity contribution in [3.63, 3.8) is 0 Å². The standard InChI is InChI=1S/C44H29NS/c1-2-11-30(12-3-1)31-21-24-34(25-22-31)45(35-26-28-43-41(29-35)39-18-8-9-20-42(39)46-43)44-37-17-7-5-14-33(37)23-27-40(44)38-19-10-15-32-13-4-6-16-36(32)38/h1-29H. The molecule has 0 aliphatic heterocycles. The Balaban J connectivity index is 1.35. The fourth-order valence-corrected chi connectivity index (χ4v) is 7.95. The van der Waals surface area contributed by atoms with Gasteiger partial charge in [-0.2, -0.15) is 0 Å². The van der Waals surface area contributed by atoms with Gasteiger partial charge in [-0.1, -0.05) is 140 Å². The summed E-state index contributed by atoms with van der Waals surface area (Å²) in [6, 6.07) is 64.1. The minimum Gasteiger partial charge on any atom is -0.309 e. The summed E-state index contributed by atoms with van der Waals surface area (Å²) >= 11 is 1.86. The molecule has 1 nitrogen and oxygen atoms in total. The third-order valence-corrected chi connectivity index (χ3v) is 10.2. The lowest BCUT2D eigenvalue weighted by Gasteiger charge is -2.30. The second-order valence-corrected chi connectivity index (χ2v) is 12.8. The fourth-order valence-electron chi connectivity index (χ4n) is 6.87. The Morgan fingerprint density at radius 1 is 0.348 bits per heavy atom. The van der Waals surface area contributed by atoms with Crippen LogP contribution < -0.4 is 4.90 Å². The molecule has 0 spiro atoms. The average molecular weight is 604 g/mol. The number of benzene rings is 8. The monoisotopic (exact) mass is 603 g/mol. The first-order valence-electron chi connectivity index (χ1n) is 15.7. The average Bonchev–Trinajstić information content (AvgIpc) is 3.50. The van der Waals surface area contributed by atoms with Gasteiger partial charge in [0.25, 0.3) is 0 Å². The van der Waals surface area contributed by atoms with Crippen LogP contribution in [0.3, 0.4) is 0 Å². The second kappa shape index (κ2) is 11.0. The minimum atomic E-state index is 1.12. The molecule has 0 aliphatic rings. The highest BCUT2D eigenvalue weighted by Gasteiger charge is 2.22. The Morgan fingerprint density at radius 2 is 0.957 bits per heavy atom. The topological polar surface area (TPSA) is 3.24 Å². The molecule has 0 radical (unpaired) electrons. The highest BCUT2D eigenvalue weighted by atomic mass is 32.1. The second-order valence-electron chi connectivity index (χ2n) is 11.7. The SMILES string of the molecule is c1ccc(-c2ccc(N(c3ccc4sc5ccccc5c4c3)c3c(-c4cccc5ccccc45)ccc4ccccc34)cc2)cc1. The highest BCUT2D eigenvalue weighted by Crippen LogP contribution is 2.48. The van der Waals surface area contributed by atoms with Crippen LogP contribution in [0.25, 0.3) is 64.0 Å². The zero-order valence-electron chi connectivity index (χ0n) is 25.1. The van der Waals surface area contributed by atoms with Gasteiger partial charge in [0.2, 0.25) is 0 Å². The smallest absolute Gasteiger partial charge is 0.0618 e. The van der Waals surface area contributed by atoms with E-state index >= 15 is 0 Å². The first kappa shape index (κ1) is 26.7. The van der Waals surface area contributed by atoms with E-state index in [0.29, 0.717) is 0 Å². The maximum Gasteiger partial charge on any atom is 0.0618 e. The lowest BCUT2D eigenvalue weighted by molar-refractivity contribution is 1.30. The predicted octanol–water partition coefficient (Wildman–Crippen LogP) is 13.2. The van der Waals surface area contributed by atoms with Crippen LogP contribution in [-0.2, 0) is 0 Å². The van der Waals surface area contributed by atoms with Crippen LogP contribution in [0.5, 0.6) is 0 Å². The molecular weight excluding hydrogens is 575 g/mol. The Labute approximate surface area is 272 Å². The van der Waals surface area contributed by atoms with E-state index in [1.165, 1.54) is 69.7 Å². The van der Waals surface area contributed by atoms with Crippen molar-refractivity contribution in [1.82, 2.24) is 0 Å². The molecule has 1 aromatic heterocycles. The molecule has 9 rings (SSSR count). The van der Waals surface area contributed by atoms with Crippen molar-refractivity contribution in [3.8, 4) is 22.3 Å². The van der Waals surface area contributed by atoms with E-state index in [-0.39, 0.29) is 0 Å². The van der Waals surface area contributed by atoms with Crippen LogP contribution in [0.2, 0.25) is 0 Å². The third kappa shape index (κ3) is 4.46. The van der Waals surface area contributed by atoms with Crippen molar-refractivity contribution in [2.24, 2.45) is 0 Å². The van der Waals surface area contributed by atoms with Gasteiger partial charge in [-0.15, -0.1) is 11.3 Å². The number of rotatable bonds is 5. The number of fused-ring (bicyclic) bond motifs is 5. The molecule has 0 aliphatic carbocycles. The Hall–Kier alpha value is -5.70. The summed E-state index contributed by atoms with van der Waals surface area (Å²) in [4.78, 5) is 2.47. The molecule has 0 atom stereocenters. The quantitative estimate of drug-likeness (QED) is 0.189. The number of hydrogen-bond acceptors (Lipinski definition) is 2. The van der Waals surface area contributed by atoms with Gasteiger partial charge in [0, 0.05) is 42.5 Å². The zero-order valence-corrected chi connectivity index (χ0v) is 25.9. The molecule has 8 aromatic carbocycles. The summed E-state index contributed by atoms with van der Waals surface area (Å²) in [6.07, 6.45) is 0. The maximum absolute atomic E-state index is 2.47. The van der Waals surface area contributed by atoms with Gasteiger partial charge in [0.15, 0.2) is 0 Å². The summed E-state index contributed by atoms with van der Waals surface area (Å²) in [5.41, 5.74) is 8.30. The number of nitrogens with zero attached hydrogens (tertiary/aromatic N) is 1. The van der Waals surface area contributed by atoms with Crippen LogP contribution in [-0.4, -0.2) is 0 Å². The molecule has 0 fully saturated rings. The summed E-state index contributed by atoms with van der Waals surface area (Å²) in [7, 11) is 0.